The molecule has 0 aliphatic heterocycles. The molecule has 0 bridgehead atoms. The molecular formula is C11H18N6. The standard InChI is InChI=1S/C11H18N6/c1-4-7(5-2)17(3)10-8-9(14-6-13-8)15-11(12)16-10/h6-7H,4-5H2,1-3H3,(H3,12,13,14,15,16). The Labute approximate surface area is 100 Å². The number of nitrogens with two attached hydrogens (primary N) is 1. The molecule has 0 aliphatic carbocycles. The van der Waals surface area contributed by atoms with E-state index >= 15 is 0 Å². The predicted molar refractivity (Wildman–Crippen MR) is 68.9 cm³/mol. The molecule has 0 amide bonds. The smallest absolute Gasteiger partial charge is 0.224 e. The van der Waals surface area contributed by atoms with Crippen LogP contribution in [0.25, 0.3) is 11.2 Å². The number of hydrogen-bond acceptors (Lipinski definition) is 5. The van der Waals surface area contributed by atoms with Gasteiger partial charge in [0.05, 0.1) is 6.33 Å². The van der Waals surface area contributed by atoms with Crippen LogP contribution in [0.4, 0.5) is 11.8 Å². The number of nitrogen functional groups attached to an aromatic ring is 1. The molecule has 92 valence electrons. The normalized spacial score (nSPS) is 11.3. The van der Waals surface area contributed by atoms with Gasteiger partial charge < -0.3 is 15.6 Å². The second kappa shape index (κ2) is 4.57. The van der Waals surface area contributed by atoms with Crippen molar-refractivity contribution < 1.29 is 0 Å². The number of anilines is 2. The van der Waals surface area contributed by atoms with Crippen LogP contribution >= 0.6 is 0 Å². The minimum Gasteiger partial charge on any atom is -0.368 e. The number of nitrogens with zero attached hydrogens (tertiary/aromatic N) is 4. The first kappa shape index (κ1) is 11.6. The number of fused-ring (bicyclic) bond motifs is 1. The van der Waals surface area contributed by atoms with Crippen molar-refractivity contribution in [3.8, 4) is 0 Å². The summed E-state index contributed by atoms with van der Waals surface area (Å²) < 4.78 is 0. The summed E-state index contributed by atoms with van der Waals surface area (Å²) in [6, 6.07) is 0.441. The van der Waals surface area contributed by atoms with Crippen LogP contribution in [-0.4, -0.2) is 33.0 Å². The fourth-order valence-corrected chi connectivity index (χ4v) is 2.10. The van der Waals surface area contributed by atoms with E-state index in [2.05, 4.69) is 38.7 Å². The monoisotopic (exact) mass is 234 g/mol. The van der Waals surface area contributed by atoms with Crippen molar-refractivity contribution in [3.63, 3.8) is 0 Å². The highest BCUT2D eigenvalue weighted by atomic mass is 15.2. The minimum atomic E-state index is 0.261. The summed E-state index contributed by atoms with van der Waals surface area (Å²) in [7, 11) is 2.03. The number of nitrogens with one attached hydrogen (secondary N) is 1. The maximum absolute atomic E-state index is 5.70. The zero-order valence-corrected chi connectivity index (χ0v) is 10.4. The third-order valence-electron chi connectivity index (χ3n) is 3.11. The highest BCUT2D eigenvalue weighted by molar-refractivity contribution is 5.84. The Hall–Kier alpha value is -1.85. The van der Waals surface area contributed by atoms with E-state index in [0.717, 1.165) is 24.2 Å². The van der Waals surface area contributed by atoms with Gasteiger partial charge in [0, 0.05) is 13.1 Å². The van der Waals surface area contributed by atoms with E-state index in [4.69, 9.17) is 5.73 Å². The van der Waals surface area contributed by atoms with Gasteiger partial charge in [-0.05, 0) is 12.8 Å². The summed E-state index contributed by atoms with van der Waals surface area (Å²) in [5.74, 6) is 1.08. The summed E-state index contributed by atoms with van der Waals surface area (Å²) in [6.07, 6.45) is 3.74. The first-order valence-electron chi connectivity index (χ1n) is 5.86. The van der Waals surface area contributed by atoms with Gasteiger partial charge in [-0.1, -0.05) is 13.8 Å². The third kappa shape index (κ3) is 2.02. The van der Waals surface area contributed by atoms with Gasteiger partial charge in [0.25, 0.3) is 0 Å². The summed E-state index contributed by atoms with van der Waals surface area (Å²) in [5.41, 5.74) is 7.16. The van der Waals surface area contributed by atoms with Gasteiger partial charge in [-0.15, -0.1) is 0 Å². The molecule has 0 unspecified atom stereocenters. The van der Waals surface area contributed by atoms with Crippen molar-refractivity contribution in [1.29, 1.82) is 0 Å². The Morgan fingerprint density at radius 2 is 2.06 bits per heavy atom. The minimum absolute atomic E-state index is 0.261. The zero-order valence-electron chi connectivity index (χ0n) is 10.4. The lowest BCUT2D eigenvalue weighted by atomic mass is 10.1. The van der Waals surface area contributed by atoms with Gasteiger partial charge >= 0.3 is 0 Å². The molecule has 17 heavy (non-hydrogen) atoms. The summed E-state index contributed by atoms with van der Waals surface area (Å²) in [5, 5.41) is 0. The van der Waals surface area contributed by atoms with Gasteiger partial charge in [0.2, 0.25) is 5.95 Å². The van der Waals surface area contributed by atoms with E-state index in [0.29, 0.717) is 11.7 Å². The second-order valence-electron chi connectivity index (χ2n) is 4.09. The molecule has 2 aromatic heterocycles. The van der Waals surface area contributed by atoms with Crippen molar-refractivity contribution in [2.45, 2.75) is 32.7 Å². The van der Waals surface area contributed by atoms with E-state index in [1.165, 1.54) is 0 Å². The lowest BCUT2D eigenvalue weighted by molar-refractivity contribution is 0.588. The summed E-state index contributed by atoms with van der Waals surface area (Å²) >= 11 is 0. The van der Waals surface area contributed by atoms with Crippen LogP contribution in [0.15, 0.2) is 6.33 Å². The average Bonchev–Trinajstić information content (AvgIpc) is 2.77. The molecule has 2 aromatic rings. The van der Waals surface area contributed by atoms with Crippen LogP contribution in [0, 0.1) is 0 Å². The van der Waals surface area contributed by atoms with Gasteiger partial charge in [-0.3, -0.25) is 0 Å². The fraction of sp³-hybridized carbons (Fsp3) is 0.545. The maximum Gasteiger partial charge on any atom is 0.224 e. The number of imidazole rings is 1. The molecular weight excluding hydrogens is 216 g/mol. The molecule has 2 rings (SSSR count). The van der Waals surface area contributed by atoms with Gasteiger partial charge in [-0.25, -0.2) is 4.98 Å². The quantitative estimate of drug-likeness (QED) is 0.838. The molecule has 0 radical (unpaired) electrons. The molecule has 0 spiro atoms. The SMILES string of the molecule is CCC(CC)N(C)c1nc(N)nc2nc[nH]c12. The summed E-state index contributed by atoms with van der Waals surface area (Å²) in [4.78, 5) is 17.7. The number of aromatic amines is 1. The predicted octanol–water partition coefficient (Wildman–Crippen LogP) is 1.56. The van der Waals surface area contributed by atoms with Gasteiger partial charge in [-0.2, -0.15) is 9.97 Å². The lowest BCUT2D eigenvalue weighted by Crippen LogP contribution is -2.31. The van der Waals surface area contributed by atoms with Crippen molar-refractivity contribution in [2.24, 2.45) is 0 Å². The van der Waals surface area contributed by atoms with Crippen LogP contribution < -0.4 is 10.6 Å². The number of aromatic nitrogens is 4. The first-order chi connectivity index (χ1) is 8.17. The molecule has 0 aliphatic rings. The van der Waals surface area contributed by atoms with E-state index in [1.54, 1.807) is 6.33 Å². The molecule has 3 N–H and O–H groups in total. The third-order valence-corrected chi connectivity index (χ3v) is 3.11. The van der Waals surface area contributed by atoms with Crippen LogP contribution in [0.5, 0.6) is 0 Å². The second-order valence-corrected chi connectivity index (χ2v) is 4.09. The first-order valence-corrected chi connectivity index (χ1v) is 5.86. The highest BCUT2D eigenvalue weighted by Gasteiger charge is 2.17. The van der Waals surface area contributed by atoms with E-state index in [1.807, 2.05) is 7.05 Å². The van der Waals surface area contributed by atoms with Crippen molar-refractivity contribution >= 4 is 22.9 Å². The van der Waals surface area contributed by atoms with Crippen LogP contribution in [0.1, 0.15) is 26.7 Å². The molecule has 0 aromatic carbocycles. The topological polar surface area (TPSA) is 83.7 Å². The van der Waals surface area contributed by atoms with Crippen molar-refractivity contribution in [2.75, 3.05) is 17.7 Å². The van der Waals surface area contributed by atoms with Gasteiger partial charge in [0.1, 0.15) is 5.52 Å². The average molecular weight is 234 g/mol. The van der Waals surface area contributed by atoms with Crippen LogP contribution in [-0.2, 0) is 0 Å². The molecule has 6 nitrogen and oxygen atoms in total. The molecule has 0 saturated carbocycles. The number of H-pyrrole nitrogens is 1. The lowest BCUT2D eigenvalue weighted by Gasteiger charge is -2.27. The Kier molecular flexibility index (Phi) is 3.12. The Balaban J connectivity index is 2.49. The number of rotatable bonds is 4. The molecule has 2 heterocycles. The van der Waals surface area contributed by atoms with Crippen molar-refractivity contribution in [3.05, 3.63) is 6.33 Å². The van der Waals surface area contributed by atoms with E-state index in [9.17, 15) is 0 Å². The van der Waals surface area contributed by atoms with E-state index in [-0.39, 0.29) is 5.95 Å². The Morgan fingerprint density at radius 1 is 1.35 bits per heavy atom. The number of hydrogen-bond donors (Lipinski definition) is 2. The maximum atomic E-state index is 5.70. The molecule has 0 fully saturated rings. The Morgan fingerprint density at radius 3 is 2.71 bits per heavy atom. The van der Waals surface area contributed by atoms with Crippen LogP contribution in [0.3, 0.4) is 0 Å². The Bertz CT molecular complexity index is 502. The largest absolute Gasteiger partial charge is 0.368 e. The van der Waals surface area contributed by atoms with Crippen LogP contribution in [0.2, 0.25) is 0 Å². The molecule has 6 heteroatoms. The zero-order chi connectivity index (χ0) is 12.4. The fourth-order valence-electron chi connectivity index (χ4n) is 2.10. The van der Waals surface area contributed by atoms with Crippen molar-refractivity contribution in [1.82, 2.24) is 19.9 Å². The van der Waals surface area contributed by atoms with E-state index < -0.39 is 0 Å². The summed E-state index contributed by atoms with van der Waals surface area (Å²) in [6.45, 7) is 4.33. The highest BCUT2D eigenvalue weighted by Crippen LogP contribution is 2.23. The molecule has 0 saturated heterocycles. The molecule has 0 atom stereocenters. The van der Waals surface area contributed by atoms with Gasteiger partial charge in [0.15, 0.2) is 11.5 Å².